The van der Waals surface area contributed by atoms with Crippen LogP contribution in [-0.4, -0.2) is 41.1 Å². The Morgan fingerprint density at radius 1 is 1.07 bits per heavy atom. The zero-order chi connectivity index (χ0) is 19.5. The molecule has 1 saturated heterocycles. The van der Waals surface area contributed by atoms with E-state index in [1.54, 1.807) is 0 Å². The van der Waals surface area contributed by atoms with E-state index in [-0.39, 0.29) is 18.2 Å². The molecule has 2 N–H and O–H groups in total. The van der Waals surface area contributed by atoms with Gasteiger partial charge < -0.3 is 15.3 Å². The predicted octanol–water partition coefficient (Wildman–Crippen LogP) is 3.71. The van der Waals surface area contributed by atoms with Gasteiger partial charge in [0.1, 0.15) is 5.82 Å². The van der Waals surface area contributed by atoms with Gasteiger partial charge in [-0.3, -0.25) is 9.59 Å². The van der Waals surface area contributed by atoms with Crippen molar-refractivity contribution in [2.75, 3.05) is 18.0 Å². The Bertz CT molecular complexity index is 726. The van der Waals surface area contributed by atoms with Crippen molar-refractivity contribution in [1.82, 2.24) is 10.3 Å². The number of pyridine rings is 1. The fourth-order valence-corrected chi connectivity index (χ4v) is 4.70. The normalized spacial score (nSPS) is 23.4. The first-order valence-electron chi connectivity index (χ1n) is 10.9. The largest absolute Gasteiger partial charge is 0.481 e. The van der Waals surface area contributed by atoms with Crippen molar-refractivity contribution in [3.05, 3.63) is 23.4 Å². The first-order chi connectivity index (χ1) is 13.6. The van der Waals surface area contributed by atoms with Gasteiger partial charge in [-0.2, -0.15) is 0 Å². The molecule has 1 aliphatic heterocycles. The number of hydrogen-bond acceptors (Lipinski definition) is 4. The number of carbonyl (C=O) groups excluding carboxylic acids is 1. The Morgan fingerprint density at radius 3 is 2.57 bits per heavy atom. The second-order valence-electron chi connectivity index (χ2n) is 8.74. The van der Waals surface area contributed by atoms with Gasteiger partial charge in [-0.25, -0.2) is 4.98 Å². The highest BCUT2D eigenvalue weighted by molar-refractivity contribution is 5.96. The Labute approximate surface area is 166 Å². The third-order valence-corrected chi connectivity index (χ3v) is 6.37. The summed E-state index contributed by atoms with van der Waals surface area (Å²) in [4.78, 5) is 31.1. The lowest BCUT2D eigenvalue weighted by atomic mass is 9.94. The molecule has 0 bridgehead atoms. The Hall–Kier alpha value is -2.11. The van der Waals surface area contributed by atoms with Gasteiger partial charge in [0.15, 0.2) is 0 Å². The molecule has 3 fully saturated rings. The standard InChI is InChI=1S/C22H31N3O3/c26-20(27)13-15-5-4-12-25(14-15)19-11-10-18(21(24-19)16-8-9-16)22(28)23-17-6-2-1-3-7-17/h10-11,15-17H,1-9,12-14H2,(H,23,28)(H,26,27). The van der Waals surface area contributed by atoms with Crippen molar-refractivity contribution < 1.29 is 14.7 Å². The van der Waals surface area contributed by atoms with Crippen molar-refractivity contribution in [1.29, 1.82) is 0 Å². The molecular formula is C22H31N3O3. The summed E-state index contributed by atoms with van der Waals surface area (Å²) >= 11 is 0. The van der Waals surface area contributed by atoms with Gasteiger partial charge in [0, 0.05) is 31.5 Å². The molecule has 1 aromatic rings. The van der Waals surface area contributed by atoms with Crippen molar-refractivity contribution >= 4 is 17.7 Å². The number of aliphatic carboxylic acids is 1. The lowest BCUT2D eigenvalue weighted by Crippen LogP contribution is -2.38. The molecule has 4 rings (SSSR count). The maximum atomic E-state index is 12.9. The minimum absolute atomic E-state index is 0.0234. The van der Waals surface area contributed by atoms with Crippen LogP contribution in [0.25, 0.3) is 0 Å². The molecular weight excluding hydrogens is 354 g/mol. The van der Waals surface area contributed by atoms with Crippen LogP contribution in [0.5, 0.6) is 0 Å². The Kier molecular flexibility index (Phi) is 5.83. The molecule has 1 amide bonds. The average molecular weight is 386 g/mol. The highest BCUT2D eigenvalue weighted by atomic mass is 16.4. The second-order valence-corrected chi connectivity index (χ2v) is 8.74. The van der Waals surface area contributed by atoms with E-state index in [9.17, 15) is 9.59 Å². The van der Waals surface area contributed by atoms with Gasteiger partial charge in [0.25, 0.3) is 5.91 Å². The molecule has 2 saturated carbocycles. The third-order valence-electron chi connectivity index (χ3n) is 6.37. The van der Waals surface area contributed by atoms with E-state index in [0.29, 0.717) is 12.0 Å². The minimum atomic E-state index is -0.729. The van der Waals surface area contributed by atoms with Crippen LogP contribution < -0.4 is 10.2 Å². The lowest BCUT2D eigenvalue weighted by molar-refractivity contribution is -0.138. The molecule has 1 aromatic heterocycles. The molecule has 1 unspecified atom stereocenters. The van der Waals surface area contributed by atoms with Crippen LogP contribution in [0.1, 0.15) is 86.2 Å². The van der Waals surface area contributed by atoms with Gasteiger partial charge in [0.2, 0.25) is 0 Å². The summed E-state index contributed by atoms with van der Waals surface area (Å²) < 4.78 is 0. The number of nitrogens with zero attached hydrogens (tertiary/aromatic N) is 2. The van der Waals surface area contributed by atoms with Gasteiger partial charge in [-0.15, -0.1) is 0 Å². The number of nitrogens with one attached hydrogen (secondary N) is 1. The molecule has 6 nitrogen and oxygen atoms in total. The second kappa shape index (κ2) is 8.50. The van der Waals surface area contributed by atoms with E-state index in [1.165, 1.54) is 19.3 Å². The van der Waals surface area contributed by atoms with E-state index in [0.717, 1.165) is 68.7 Å². The van der Waals surface area contributed by atoms with E-state index in [1.807, 2.05) is 12.1 Å². The van der Waals surface area contributed by atoms with Crippen molar-refractivity contribution in [3.8, 4) is 0 Å². The molecule has 3 aliphatic rings. The number of rotatable bonds is 6. The van der Waals surface area contributed by atoms with Crippen molar-refractivity contribution in [2.45, 2.75) is 76.2 Å². The molecule has 6 heteroatoms. The molecule has 2 heterocycles. The van der Waals surface area contributed by atoms with Crippen LogP contribution in [0.2, 0.25) is 0 Å². The quantitative estimate of drug-likeness (QED) is 0.780. The van der Waals surface area contributed by atoms with Crippen LogP contribution in [0.3, 0.4) is 0 Å². The number of piperidine rings is 1. The van der Waals surface area contributed by atoms with Crippen molar-refractivity contribution in [2.24, 2.45) is 5.92 Å². The van der Waals surface area contributed by atoms with E-state index in [2.05, 4.69) is 10.2 Å². The highest BCUT2D eigenvalue weighted by Gasteiger charge is 2.32. The Balaban J connectivity index is 1.49. The molecule has 0 aromatic carbocycles. The summed E-state index contributed by atoms with van der Waals surface area (Å²) in [7, 11) is 0. The lowest BCUT2D eigenvalue weighted by Gasteiger charge is -2.33. The summed E-state index contributed by atoms with van der Waals surface area (Å²) in [6.07, 6.45) is 10.2. The van der Waals surface area contributed by atoms with Gasteiger partial charge in [0.05, 0.1) is 11.3 Å². The summed E-state index contributed by atoms with van der Waals surface area (Å²) in [6.45, 7) is 1.64. The summed E-state index contributed by atoms with van der Waals surface area (Å²) in [5, 5.41) is 12.3. The maximum absolute atomic E-state index is 12.9. The number of carbonyl (C=O) groups is 2. The number of amides is 1. The van der Waals surface area contributed by atoms with Gasteiger partial charge >= 0.3 is 5.97 Å². The SMILES string of the molecule is O=C(O)CC1CCCN(c2ccc(C(=O)NC3CCCCC3)c(C3CC3)n2)C1. The first-order valence-corrected chi connectivity index (χ1v) is 10.9. The van der Waals surface area contributed by atoms with E-state index >= 15 is 0 Å². The Morgan fingerprint density at radius 2 is 1.86 bits per heavy atom. The number of carboxylic acids is 1. The topological polar surface area (TPSA) is 82.5 Å². The molecule has 0 radical (unpaired) electrons. The minimum Gasteiger partial charge on any atom is -0.481 e. The van der Waals surface area contributed by atoms with E-state index < -0.39 is 5.97 Å². The zero-order valence-electron chi connectivity index (χ0n) is 16.5. The van der Waals surface area contributed by atoms with Gasteiger partial charge in [-0.05, 0) is 56.6 Å². The highest BCUT2D eigenvalue weighted by Crippen LogP contribution is 2.41. The average Bonchev–Trinajstić information content (AvgIpc) is 3.53. The number of hydrogen-bond donors (Lipinski definition) is 2. The smallest absolute Gasteiger partial charge is 0.303 e. The predicted molar refractivity (Wildman–Crippen MR) is 108 cm³/mol. The van der Waals surface area contributed by atoms with Crippen LogP contribution in [0.4, 0.5) is 5.82 Å². The van der Waals surface area contributed by atoms with Crippen LogP contribution in [0.15, 0.2) is 12.1 Å². The fraction of sp³-hybridized carbons (Fsp3) is 0.682. The maximum Gasteiger partial charge on any atom is 0.303 e. The van der Waals surface area contributed by atoms with Crippen LogP contribution in [0, 0.1) is 5.92 Å². The van der Waals surface area contributed by atoms with Crippen LogP contribution >= 0.6 is 0 Å². The number of carboxylic acid groups (broad SMARTS) is 1. The fourth-order valence-electron chi connectivity index (χ4n) is 4.70. The third kappa shape index (κ3) is 4.65. The molecule has 152 valence electrons. The summed E-state index contributed by atoms with van der Waals surface area (Å²) in [6, 6.07) is 4.19. The molecule has 2 aliphatic carbocycles. The molecule has 1 atom stereocenters. The summed E-state index contributed by atoms with van der Waals surface area (Å²) in [5.74, 6) is 0.757. The monoisotopic (exact) mass is 385 g/mol. The molecule has 28 heavy (non-hydrogen) atoms. The summed E-state index contributed by atoms with van der Waals surface area (Å²) in [5.41, 5.74) is 1.67. The van der Waals surface area contributed by atoms with Crippen molar-refractivity contribution in [3.63, 3.8) is 0 Å². The first kappa shape index (κ1) is 19.2. The van der Waals surface area contributed by atoms with Gasteiger partial charge in [-0.1, -0.05) is 19.3 Å². The van der Waals surface area contributed by atoms with E-state index in [4.69, 9.17) is 10.1 Å². The number of anilines is 1. The molecule has 0 spiro atoms. The van der Waals surface area contributed by atoms with Crippen LogP contribution in [-0.2, 0) is 4.79 Å². The number of aromatic nitrogens is 1. The zero-order valence-corrected chi connectivity index (χ0v) is 16.5.